The van der Waals surface area contributed by atoms with Crippen LogP contribution in [0.15, 0.2) is 24.3 Å². The number of hydrogen-bond donors (Lipinski definition) is 0. The molecule has 80 valence electrons. The van der Waals surface area contributed by atoms with Gasteiger partial charge in [-0.1, -0.05) is 31.2 Å². The highest BCUT2D eigenvalue weighted by atomic mass is 35.5. The lowest BCUT2D eigenvalue weighted by Gasteiger charge is -2.01. The first-order valence-corrected chi connectivity index (χ1v) is 5.42. The molecule has 0 aromatic heterocycles. The van der Waals surface area contributed by atoms with Crippen molar-refractivity contribution in [1.82, 2.24) is 0 Å². The van der Waals surface area contributed by atoms with E-state index in [4.69, 9.17) is 11.6 Å². The summed E-state index contributed by atoms with van der Waals surface area (Å²) in [4.78, 5) is 0. The lowest BCUT2D eigenvalue weighted by molar-refractivity contribution is 0.636. The molecule has 0 amide bonds. The molecule has 1 rings (SSSR count). The van der Waals surface area contributed by atoms with Crippen LogP contribution >= 0.6 is 11.6 Å². The van der Waals surface area contributed by atoms with Gasteiger partial charge < -0.3 is 0 Å². The molecule has 0 nitrogen and oxygen atoms in total. The molecule has 0 saturated heterocycles. The molecular formula is C12H18ClF. The van der Waals surface area contributed by atoms with Crippen molar-refractivity contribution in [2.24, 2.45) is 0 Å². The second kappa shape index (κ2) is 9.01. The van der Waals surface area contributed by atoms with E-state index in [1.807, 2.05) is 0 Å². The van der Waals surface area contributed by atoms with Gasteiger partial charge >= 0.3 is 0 Å². The van der Waals surface area contributed by atoms with E-state index >= 15 is 0 Å². The zero-order valence-corrected chi connectivity index (χ0v) is 9.65. The van der Waals surface area contributed by atoms with Crippen LogP contribution in [0.2, 0.25) is 0 Å². The molecule has 0 aliphatic rings. The maximum Gasteiger partial charge on any atom is 0.0785 e. The average Bonchev–Trinajstić information content (AvgIpc) is 2.29. The Balaban J connectivity index is 0.000000791. The van der Waals surface area contributed by atoms with Crippen LogP contribution in [-0.4, -0.2) is 13.1 Å². The summed E-state index contributed by atoms with van der Waals surface area (Å²) >= 11 is 5.63. The second-order valence-electron chi connectivity index (χ2n) is 2.97. The normalized spacial score (nSPS) is 9.14. The van der Waals surface area contributed by atoms with Gasteiger partial charge in [-0.2, -0.15) is 0 Å². The molecule has 0 aliphatic heterocycles. The number of hydrogen-bond acceptors (Lipinski definition) is 0. The Hall–Kier alpha value is -0.560. The minimum Gasteiger partial charge on any atom is -0.255 e. The van der Waals surface area contributed by atoms with Crippen molar-refractivity contribution in [1.29, 1.82) is 0 Å². The summed E-state index contributed by atoms with van der Waals surface area (Å²) in [5.41, 5.74) is 2.83. The Bertz CT molecular complexity index is 236. The Morgan fingerprint density at radius 3 is 2.43 bits per heavy atom. The van der Waals surface area contributed by atoms with Crippen LogP contribution in [-0.2, 0) is 12.8 Å². The summed E-state index contributed by atoms with van der Waals surface area (Å²) in [6.45, 7) is 2.18. The van der Waals surface area contributed by atoms with Crippen molar-refractivity contribution < 1.29 is 4.39 Å². The predicted molar refractivity (Wildman–Crippen MR) is 61.9 cm³/mol. The smallest absolute Gasteiger partial charge is 0.0785 e. The van der Waals surface area contributed by atoms with Crippen molar-refractivity contribution >= 4 is 11.6 Å². The van der Waals surface area contributed by atoms with Gasteiger partial charge in [0, 0.05) is 5.88 Å². The molecule has 14 heavy (non-hydrogen) atoms. The van der Waals surface area contributed by atoms with E-state index in [0.29, 0.717) is 7.18 Å². The molecule has 0 fully saturated rings. The fourth-order valence-corrected chi connectivity index (χ4v) is 1.41. The highest BCUT2D eigenvalue weighted by Crippen LogP contribution is 2.08. The number of alkyl halides is 2. The summed E-state index contributed by atoms with van der Waals surface area (Å²) in [6.07, 6.45) is 3.31. The fraction of sp³-hybridized carbons (Fsp3) is 0.500. The van der Waals surface area contributed by atoms with Crippen molar-refractivity contribution in [3.8, 4) is 0 Å². The lowest BCUT2D eigenvalue weighted by Crippen LogP contribution is -1.88. The molecule has 0 saturated carbocycles. The quantitative estimate of drug-likeness (QED) is 0.668. The Labute approximate surface area is 91.1 Å². The van der Waals surface area contributed by atoms with Crippen LogP contribution in [0.1, 0.15) is 24.5 Å². The molecule has 0 unspecified atom stereocenters. The summed E-state index contributed by atoms with van der Waals surface area (Å²) in [6, 6.07) is 8.74. The molecule has 0 spiro atoms. The van der Waals surface area contributed by atoms with Crippen molar-refractivity contribution in [2.45, 2.75) is 26.2 Å². The van der Waals surface area contributed by atoms with Crippen molar-refractivity contribution in [2.75, 3.05) is 13.1 Å². The van der Waals surface area contributed by atoms with E-state index in [9.17, 15) is 4.39 Å². The van der Waals surface area contributed by atoms with Gasteiger partial charge in [0.15, 0.2) is 0 Å². The molecule has 0 heterocycles. The van der Waals surface area contributed by atoms with Crippen molar-refractivity contribution in [3.05, 3.63) is 35.4 Å². The minimum atomic E-state index is 0.500. The fourth-order valence-electron chi connectivity index (χ4n) is 1.28. The van der Waals surface area contributed by atoms with Crippen LogP contribution in [0.25, 0.3) is 0 Å². The predicted octanol–water partition coefficient (Wildman–Crippen LogP) is 4.01. The molecule has 0 N–H and O–H groups in total. The maximum atomic E-state index is 9.50. The van der Waals surface area contributed by atoms with Crippen LogP contribution in [0.3, 0.4) is 0 Å². The maximum absolute atomic E-state index is 9.50. The molecule has 1 aromatic rings. The van der Waals surface area contributed by atoms with Gasteiger partial charge in [0.05, 0.1) is 7.18 Å². The molecule has 0 atom stereocenters. The van der Waals surface area contributed by atoms with E-state index in [2.05, 4.69) is 31.2 Å². The largest absolute Gasteiger partial charge is 0.255 e. The highest BCUT2D eigenvalue weighted by Gasteiger charge is 1.93. The van der Waals surface area contributed by atoms with Gasteiger partial charge in [-0.05, 0) is 30.4 Å². The van der Waals surface area contributed by atoms with E-state index in [1.165, 1.54) is 11.1 Å². The summed E-state index contributed by atoms with van der Waals surface area (Å²) in [5.74, 6) is 0.760. The van der Waals surface area contributed by atoms with Crippen LogP contribution in [0.5, 0.6) is 0 Å². The van der Waals surface area contributed by atoms with Crippen LogP contribution < -0.4 is 0 Å². The molecule has 0 bridgehead atoms. The third-order valence-corrected chi connectivity index (χ3v) is 2.27. The van der Waals surface area contributed by atoms with E-state index < -0.39 is 0 Å². The SMILES string of the molecule is CCc1cccc(CCCCl)c1.CF. The zero-order valence-electron chi connectivity index (χ0n) is 8.89. The lowest BCUT2D eigenvalue weighted by atomic mass is 10.1. The number of aryl methyl sites for hydroxylation is 2. The molecule has 2 heteroatoms. The van der Waals surface area contributed by atoms with E-state index in [-0.39, 0.29) is 0 Å². The Kier molecular flexibility index (Phi) is 8.65. The van der Waals surface area contributed by atoms with E-state index in [0.717, 1.165) is 25.1 Å². The van der Waals surface area contributed by atoms with Crippen LogP contribution in [0, 0.1) is 0 Å². The molecular weight excluding hydrogens is 199 g/mol. The minimum absolute atomic E-state index is 0.500. The highest BCUT2D eigenvalue weighted by molar-refractivity contribution is 6.17. The van der Waals surface area contributed by atoms with Gasteiger partial charge in [0.25, 0.3) is 0 Å². The first-order chi connectivity index (χ1) is 6.86. The zero-order chi connectivity index (χ0) is 10.8. The number of benzene rings is 1. The van der Waals surface area contributed by atoms with Gasteiger partial charge in [-0.3, -0.25) is 4.39 Å². The van der Waals surface area contributed by atoms with Gasteiger partial charge in [-0.25, -0.2) is 0 Å². The van der Waals surface area contributed by atoms with Crippen molar-refractivity contribution in [3.63, 3.8) is 0 Å². The summed E-state index contributed by atoms with van der Waals surface area (Å²) in [7, 11) is 0.500. The van der Waals surface area contributed by atoms with Gasteiger partial charge in [-0.15, -0.1) is 11.6 Å². The number of halogens is 2. The first-order valence-electron chi connectivity index (χ1n) is 4.88. The third kappa shape index (κ3) is 5.23. The second-order valence-corrected chi connectivity index (χ2v) is 3.34. The Morgan fingerprint density at radius 2 is 1.86 bits per heavy atom. The third-order valence-electron chi connectivity index (χ3n) is 2.00. The summed E-state index contributed by atoms with van der Waals surface area (Å²) < 4.78 is 9.50. The molecule has 0 radical (unpaired) electrons. The standard InChI is InChI=1S/C11H15Cl.CH3F/c1-2-10-5-3-6-11(9-10)7-4-8-12;1-2/h3,5-6,9H,2,4,7-8H2,1H3;1H3. The topological polar surface area (TPSA) is 0 Å². The van der Waals surface area contributed by atoms with E-state index in [1.54, 1.807) is 0 Å². The Morgan fingerprint density at radius 1 is 1.21 bits per heavy atom. The average molecular weight is 217 g/mol. The van der Waals surface area contributed by atoms with Gasteiger partial charge in [0.1, 0.15) is 0 Å². The first kappa shape index (κ1) is 13.4. The molecule has 0 aliphatic carbocycles. The number of rotatable bonds is 4. The molecule has 1 aromatic carbocycles. The monoisotopic (exact) mass is 216 g/mol. The van der Waals surface area contributed by atoms with Gasteiger partial charge in [0.2, 0.25) is 0 Å². The summed E-state index contributed by atoms with van der Waals surface area (Å²) in [5, 5.41) is 0. The van der Waals surface area contributed by atoms with Crippen LogP contribution in [0.4, 0.5) is 4.39 Å².